The van der Waals surface area contributed by atoms with Crippen molar-refractivity contribution in [3.63, 3.8) is 0 Å². The van der Waals surface area contributed by atoms with Crippen LogP contribution in [0.15, 0.2) is 39.7 Å². The molecule has 0 N–H and O–H groups in total. The number of hydrogen-bond donors (Lipinski definition) is 0. The summed E-state index contributed by atoms with van der Waals surface area (Å²) in [5.74, 6) is 1.27. The highest BCUT2D eigenvalue weighted by atomic mass is 79.9. The summed E-state index contributed by atoms with van der Waals surface area (Å²) in [6.45, 7) is 0.308. The van der Waals surface area contributed by atoms with Crippen molar-refractivity contribution in [2.45, 2.75) is 6.61 Å². The first-order chi connectivity index (χ1) is 7.25. The molecule has 78 valence electrons. The van der Waals surface area contributed by atoms with Crippen LogP contribution in [0.5, 0.6) is 5.75 Å². The number of benzene rings is 1. The van der Waals surface area contributed by atoms with Crippen molar-refractivity contribution in [2.24, 2.45) is 0 Å². The Morgan fingerprint density at radius 2 is 2.20 bits per heavy atom. The lowest BCUT2D eigenvalue weighted by molar-refractivity contribution is 0.267. The number of para-hydroxylation sites is 1. The molecule has 15 heavy (non-hydrogen) atoms. The molecule has 0 aliphatic carbocycles. The molecule has 0 radical (unpaired) electrons. The molecule has 1 heterocycles. The molecule has 0 unspecified atom stereocenters. The van der Waals surface area contributed by atoms with Crippen LogP contribution in [0, 0.1) is 0 Å². The van der Waals surface area contributed by atoms with Crippen LogP contribution in [-0.4, -0.2) is 4.98 Å². The lowest BCUT2D eigenvalue weighted by Crippen LogP contribution is -1.93. The van der Waals surface area contributed by atoms with E-state index < -0.39 is 0 Å². The molecule has 0 saturated carbocycles. The Bertz CT molecular complexity index is 458. The highest BCUT2D eigenvalue weighted by Gasteiger charge is 2.04. The van der Waals surface area contributed by atoms with Gasteiger partial charge < -0.3 is 9.15 Å². The molecular weight excluding hydrogens is 281 g/mol. The summed E-state index contributed by atoms with van der Waals surface area (Å²) in [5.41, 5.74) is 0. The molecule has 0 fully saturated rings. The molecule has 1 aromatic carbocycles. The number of aromatic nitrogens is 1. The number of halogens is 2. The number of nitrogens with zero attached hydrogens (tertiary/aromatic N) is 1. The van der Waals surface area contributed by atoms with E-state index in [1.54, 1.807) is 18.3 Å². The zero-order chi connectivity index (χ0) is 10.7. The van der Waals surface area contributed by atoms with Gasteiger partial charge in [0.15, 0.2) is 5.76 Å². The summed E-state index contributed by atoms with van der Waals surface area (Å²) < 4.78 is 10.6. The second-order valence-corrected chi connectivity index (χ2v) is 3.88. The zero-order valence-corrected chi connectivity index (χ0v) is 9.96. The Morgan fingerprint density at radius 1 is 1.40 bits per heavy atom. The van der Waals surface area contributed by atoms with Gasteiger partial charge in [-0.2, -0.15) is 0 Å². The van der Waals surface area contributed by atoms with E-state index in [1.807, 2.05) is 12.1 Å². The van der Waals surface area contributed by atoms with Crippen LogP contribution in [-0.2, 0) is 6.61 Å². The third-order valence-corrected chi connectivity index (χ3v) is 2.41. The number of rotatable bonds is 3. The molecule has 0 atom stereocenters. The highest BCUT2D eigenvalue weighted by Crippen LogP contribution is 2.24. The molecule has 0 saturated heterocycles. The van der Waals surface area contributed by atoms with Crippen LogP contribution in [0.25, 0.3) is 0 Å². The molecule has 0 amide bonds. The zero-order valence-electron chi connectivity index (χ0n) is 7.61. The molecule has 5 heteroatoms. The summed E-state index contributed by atoms with van der Waals surface area (Å²) in [6.07, 6.45) is 1.60. The van der Waals surface area contributed by atoms with E-state index in [1.165, 1.54) is 0 Å². The van der Waals surface area contributed by atoms with E-state index in [-0.39, 0.29) is 0 Å². The minimum absolute atomic E-state index is 0.308. The maximum Gasteiger partial charge on any atom is 0.264 e. The first kappa shape index (κ1) is 10.5. The minimum Gasteiger partial charge on any atom is -0.484 e. The topological polar surface area (TPSA) is 35.3 Å². The molecule has 0 aliphatic heterocycles. The van der Waals surface area contributed by atoms with E-state index in [0.29, 0.717) is 27.9 Å². The predicted molar refractivity (Wildman–Crippen MR) is 60.0 cm³/mol. The van der Waals surface area contributed by atoms with E-state index in [0.717, 1.165) is 0 Å². The molecule has 2 aromatic rings. The van der Waals surface area contributed by atoms with Gasteiger partial charge in [0.1, 0.15) is 12.4 Å². The van der Waals surface area contributed by atoms with E-state index in [2.05, 4.69) is 20.9 Å². The van der Waals surface area contributed by atoms with Crippen LogP contribution < -0.4 is 4.74 Å². The van der Waals surface area contributed by atoms with Gasteiger partial charge in [0.05, 0.1) is 11.2 Å². The highest BCUT2D eigenvalue weighted by molar-refractivity contribution is 9.10. The second kappa shape index (κ2) is 4.68. The Balaban J connectivity index is 2.02. The average molecular weight is 289 g/mol. The summed E-state index contributed by atoms with van der Waals surface area (Å²) in [5, 5.41) is 0.580. The number of oxazole rings is 1. The van der Waals surface area contributed by atoms with E-state index in [4.69, 9.17) is 20.8 Å². The van der Waals surface area contributed by atoms with Gasteiger partial charge in [0.2, 0.25) is 0 Å². The van der Waals surface area contributed by atoms with Crippen molar-refractivity contribution in [3.8, 4) is 5.75 Å². The van der Waals surface area contributed by atoms with Crippen molar-refractivity contribution >= 4 is 27.5 Å². The fraction of sp³-hybridized carbons (Fsp3) is 0.100. The van der Waals surface area contributed by atoms with Crippen molar-refractivity contribution in [2.75, 3.05) is 0 Å². The van der Waals surface area contributed by atoms with Crippen LogP contribution in [0.2, 0.25) is 5.02 Å². The molecule has 0 aliphatic rings. The van der Waals surface area contributed by atoms with Crippen molar-refractivity contribution in [1.82, 2.24) is 4.98 Å². The summed E-state index contributed by atoms with van der Waals surface area (Å²) >= 11 is 9.03. The molecule has 1 aromatic heterocycles. The quantitative estimate of drug-likeness (QED) is 0.864. The minimum atomic E-state index is 0.308. The molecule has 2 rings (SSSR count). The van der Waals surface area contributed by atoms with E-state index in [9.17, 15) is 0 Å². The van der Waals surface area contributed by atoms with Gasteiger partial charge in [-0.15, -0.1) is 0 Å². The normalized spacial score (nSPS) is 10.3. The van der Waals surface area contributed by atoms with Crippen molar-refractivity contribution < 1.29 is 9.15 Å². The molecule has 0 bridgehead atoms. The smallest absolute Gasteiger partial charge is 0.264 e. The Labute approximate surface area is 100 Å². The Morgan fingerprint density at radius 3 is 2.87 bits per heavy atom. The third kappa shape index (κ3) is 2.73. The lowest BCUT2D eigenvalue weighted by Gasteiger charge is -2.04. The Hall–Kier alpha value is -1.00. The van der Waals surface area contributed by atoms with Gasteiger partial charge in [-0.1, -0.05) is 23.7 Å². The second-order valence-electron chi connectivity index (χ2n) is 2.80. The van der Waals surface area contributed by atoms with Crippen LogP contribution in [0.4, 0.5) is 0 Å². The predicted octanol–water partition coefficient (Wildman–Crippen LogP) is 3.67. The fourth-order valence-corrected chi connectivity index (χ4v) is 1.56. The van der Waals surface area contributed by atoms with Gasteiger partial charge in [0.25, 0.3) is 4.80 Å². The van der Waals surface area contributed by atoms with Crippen LogP contribution in [0.1, 0.15) is 5.76 Å². The van der Waals surface area contributed by atoms with Gasteiger partial charge >= 0.3 is 0 Å². The largest absolute Gasteiger partial charge is 0.484 e. The monoisotopic (exact) mass is 287 g/mol. The van der Waals surface area contributed by atoms with Gasteiger partial charge in [0, 0.05) is 15.9 Å². The van der Waals surface area contributed by atoms with Gasteiger partial charge in [-0.05, 0) is 12.1 Å². The first-order valence-electron chi connectivity index (χ1n) is 4.23. The van der Waals surface area contributed by atoms with E-state index >= 15 is 0 Å². The summed E-state index contributed by atoms with van der Waals surface area (Å²) in [6, 6.07) is 7.28. The standard InChI is InChI=1S/C10H7BrClNO2/c11-10-13-5-7(15-10)6-14-9-4-2-1-3-8(9)12/h1-5H,6H2. The fourth-order valence-electron chi connectivity index (χ4n) is 1.06. The lowest BCUT2D eigenvalue weighted by atomic mass is 10.3. The average Bonchev–Trinajstić information content (AvgIpc) is 2.63. The van der Waals surface area contributed by atoms with Crippen LogP contribution in [0.3, 0.4) is 0 Å². The maximum atomic E-state index is 5.92. The van der Waals surface area contributed by atoms with Gasteiger partial charge in [-0.25, -0.2) is 4.98 Å². The molecule has 3 nitrogen and oxygen atoms in total. The Kier molecular flexibility index (Phi) is 3.28. The SMILES string of the molecule is Clc1ccccc1OCc1cnc(Br)o1. The summed E-state index contributed by atoms with van der Waals surface area (Å²) in [4.78, 5) is 4.33. The molecular formula is C10H7BrClNO2. The molecule has 0 spiro atoms. The van der Waals surface area contributed by atoms with Crippen molar-refractivity contribution in [1.29, 1.82) is 0 Å². The summed E-state index contributed by atoms with van der Waals surface area (Å²) in [7, 11) is 0. The van der Waals surface area contributed by atoms with Crippen molar-refractivity contribution in [3.05, 3.63) is 46.0 Å². The van der Waals surface area contributed by atoms with Gasteiger partial charge in [-0.3, -0.25) is 0 Å². The maximum absolute atomic E-state index is 5.92. The number of ether oxygens (including phenoxy) is 1. The third-order valence-electron chi connectivity index (χ3n) is 1.73. The first-order valence-corrected chi connectivity index (χ1v) is 5.40. The number of hydrogen-bond acceptors (Lipinski definition) is 3. The van der Waals surface area contributed by atoms with Crippen LogP contribution >= 0.6 is 27.5 Å².